The maximum Gasteiger partial charge on any atom is 0.501 e. The maximum atomic E-state index is 13.6. The van der Waals surface area contributed by atoms with E-state index in [4.69, 9.17) is 9.47 Å². The number of thiazole rings is 1. The molecule has 2 amide bonds. The van der Waals surface area contributed by atoms with Gasteiger partial charge in [-0.25, -0.2) is 23.0 Å². The average Bonchev–Trinajstić information content (AvgIpc) is 3.27. The molecule has 0 bridgehead atoms. The Labute approximate surface area is 229 Å². The molecule has 0 saturated heterocycles. The molecule has 1 saturated carbocycles. The summed E-state index contributed by atoms with van der Waals surface area (Å²) in [7, 11) is -5.76. The lowest BCUT2D eigenvalue weighted by Crippen LogP contribution is -2.38. The van der Waals surface area contributed by atoms with Crippen molar-refractivity contribution in [1.82, 2.24) is 10.3 Å². The number of anilines is 1. The van der Waals surface area contributed by atoms with E-state index in [0.717, 1.165) is 17.4 Å². The van der Waals surface area contributed by atoms with Crippen LogP contribution in [0.2, 0.25) is 0 Å². The van der Waals surface area contributed by atoms with Gasteiger partial charge in [0.2, 0.25) is 0 Å². The lowest BCUT2D eigenvalue weighted by Gasteiger charge is -2.28. The zero-order chi connectivity index (χ0) is 29.2. The molecule has 0 radical (unpaired) electrons. The molecule has 0 atom stereocenters. The van der Waals surface area contributed by atoms with E-state index in [9.17, 15) is 31.2 Å². The van der Waals surface area contributed by atoms with Gasteiger partial charge in [-0.2, -0.15) is 13.2 Å². The number of hydrogen-bond acceptors (Lipinski definition) is 8. The molecule has 0 unspecified atom stereocenters. The fraction of sp³-hybridized carbons (Fsp3) is 0.560. The molecule has 1 aliphatic carbocycles. The summed E-state index contributed by atoms with van der Waals surface area (Å²) in [6, 6.07) is 3.24. The van der Waals surface area contributed by atoms with Crippen LogP contribution in [0, 0.1) is 0 Å². The van der Waals surface area contributed by atoms with Crippen LogP contribution in [0.4, 0.5) is 28.4 Å². The smallest absolute Gasteiger partial charge is 0.447 e. The first kappa shape index (κ1) is 30.7. The molecular formula is C25H32F3N3O6S2. The van der Waals surface area contributed by atoms with Gasteiger partial charge in [0.05, 0.1) is 20.9 Å². The highest BCUT2D eigenvalue weighted by molar-refractivity contribution is 7.92. The largest absolute Gasteiger partial charge is 0.501 e. The third kappa shape index (κ3) is 8.07. The number of nitrogens with one attached hydrogen (secondary N) is 2. The van der Waals surface area contributed by atoms with Gasteiger partial charge in [-0.1, -0.05) is 6.07 Å². The van der Waals surface area contributed by atoms with Gasteiger partial charge in [0, 0.05) is 29.4 Å². The van der Waals surface area contributed by atoms with Crippen LogP contribution in [-0.4, -0.2) is 48.8 Å². The van der Waals surface area contributed by atoms with E-state index < -0.39 is 38.0 Å². The number of sulfone groups is 1. The van der Waals surface area contributed by atoms with E-state index in [-0.39, 0.29) is 34.2 Å². The van der Waals surface area contributed by atoms with Crippen LogP contribution >= 0.6 is 11.3 Å². The fourth-order valence-corrected chi connectivity index (χ4v) is 6.26. The zero-order valence-electron chi connectivity index (χ0n) is 22.2. The maximum absolute atomic E-state index is 13.6. The number of benzene rings is 1. The van der Waals surface area contributed by atoms with Gasteiger partial charge >= 0.3 is 17.7 Å². The van der Waals surface area contributed by atoms with Crippen LogP contribution < -0.4 is 10.6 Å². The number of halogens is 3. The Bertz CT molecular complexity index is 1290. The van der Waals surface area contributed by atoms with Crippen molar-refractivity contribution >= 4 is 39.0 Å². The van der Waals surface area contributed by atoms with Gasteiger partial charge in [0.1, 0.15) is 5.60 Å². The molecule has 1 aliphatic rings. The molecule has 1 fully saturated rings. The SMILES string of the molecule is CC(C)OC(=O)NC1CCC(c2ncc(-c3ccc(NC(=O)OC(C)(C)C)cc3S(=O)(=O)C(F)(F)F)s2)CC1. The van der Waals surface area contributed by atoms with Crippen molar-refractivity contribution in [2.24, 2.45) is 0 Å². The summed E-state index contributed by atoms with van der Waals surface area (Å²) in [4.78, 5) is 27.6. The third-order valence-electron chi connectivity index (χ3n) is 5.75. The predicted octanol–water partition coefficient (Wildman–Crippen LogP) is 6.61. The second kappa shape index (κ2) is 11.7. The first-order valence-electron chi connectivity index (χ1n) is 12.3. The molecule has 1 aromatic heterocycles. The van der Waals surface area contributed by atoms with Crippen LogP contribution in [0.25, 0.3) is 10.4 Å². The van der Waals surface area contributed by atoms with Crippen molar-refractivity contribution in [1.29, 1.82) is 0 Å². The number of hydrogen-bond donors (Lipinski definition) is 2. The van der Waals surface area contributed by atoms with E-state index >= 15 is 0 Å². The molecular weight excluding hydrogens is 559 g/mol. The summed E-state index contributed by atoms with van der Waals surface area (Å²) in [6.07, 6.45) is 2.43. The van der Waals surface area contributed by atoms with Crippen molar-refractivity contribution in [3.63, 3.8) is 0 Å². The highest BCUT2D eigenvalue weighted by Crippen LogP contribution is 2.42. The molecule has 216 valence electrons. The van der Waals surface area contributed by atoms with Crippen LogP contribution in [0.15, 0.2) is 29.3 Å². The van der Waals surface area contributed by atoms with Crippen LogP contribution in [-0.2, 0) is 19.3 Å². The lowest BCUT2D eigenvalue weighted by atomic mass is 9.86. The van der Waals surface area contributed by atoms with Crippen LogP contribution in [0.3, 0.4) is 0 Å². The van der Waals surface area contributed by atoms with E-state index in [2.05, 4.69) is 15.6 Å². The Balaban J connectivity index is 1.83. The third-order valence-corrected chi connectivity index (χ3v) is 8.47. The molecule has 2 N–H and O–H groups in total. The minimum Gasteiger partial charge on any atom is -0.447 e. The van der Waals surface area contributed by atoms with Crippen molar-refractivity contribution in [2.75, 3.05) is 5.32 Å². The molecule has 9 nitrogen and oxygen atoms in total. The summed E-state index contributed by atoms with van der Waals surface area (Å²) in [5, 5.41) is 5.78. The second-order valence-corrected chi connectivity index (χ2v) is 13.5. The van der Waals surface area contributed by atoms with Crippen molar-refractivity contribution in [2.45, 2.75) is 94.4 Å². The van der Waals surface area contributed by atoms with E-state index in [1.54, 1.807) is 34.6 Å². The fourth-order valence-electron chi connectivity index (χ4n) is 4.07. The number of aromatic nitrogens is 1. The Hall–Kier alpha value is -2.87. The number of carbonyl (C=O) groups is 2. The monoisotopic (exact) mass is 591 g/mol. The normalized spacial score (nSPS) is 18.5. The predicted molar refractivity (Wildman–Crippen MR) is 140 cm³/mol. The minimum absolute atomic E-state index is 0.0127. The average molecular weight is 592 g/mol. The summed E-state index contributed by atoms with van der Waals surface area (Å²) in [6.45, 7) is 8.35. The molecule has 3 rings (SSSR count). The minimum atomic E-state index is -5.76. The second-order valence-electron chi connectivity index (χ2n) is 10.5. The Morgan fingerprint density at radius 1 is 1.08 bits per heavy atom. The number of carbonyl (C=O) groups excluding carboxylic acids is 2. The van der Waals surface area contributed by atoms with Crippen LogP contribution in [0.1, 0.15) is 71.2 Å². The molecule has 2 aromatic rings. The number of alkyl carbamates (subject to hydrolysis) is 1. The molecule has 39 heavy (non-hydrogen) atoms. The van der Waals surface area contributed by atoms with Gasteiger partial charge in [-0.3, -0.25) is 5.32 Å². The molecule has 1 aromatic carbocycles. The van der Waals surface area contributed by atoms with Crippen molar-refractivity contribution in [3.05, 3.63) is 29.4 Å². The molecule has 0 spiro atoms. The van der Waals surface area contributed by atoms with Crippen molar-refractivity contribution in [3.8, 4) is 10.4 Å². The first-order chi connectivity index (χ1) is 18.0. The zero-order valence-corrected chi connectivity index (χ0v) is 23.8. The van der Waals surface area contributed by atoms with Crippen LogP contribution in [0.5, 0.6) is 0 Å². The van der Waals surface area contributed by atoms with Gasteiger partial charge in [-0.15, -0.1) is 11.3 Å². The standard InChI is InChI=1S/C25H32F3N3O6S2/c1-14(2)36-22(32)30-16-8-6-15(7-9-16)21-29-13-19(38-21)18-11-10-17(31-23(33)37-24(3,4)5)12-20(18)39(34,35)25(26,27)28/h10-16H,6-9H2,1-5H3,(H,30,32)(H,31,33). The lowest BCUT2D eigenvalue weighted by molar-refractivity contribution is -0.0435. The topological polar surface area (TPSA) is 124 Å². The van der Waals surface area contributed by atoms with Gasteiger partial charge in [0.25, 0.3) is 9.84 Å². The van der Waals surface area contributed by atoms with Gasteiger partial charge < -0.3 is 14.8 Å². The number of rotatable bonds is 6. The number of alkyl halides is 3. The number of amides is 2. The summed E-state index contributed by atoms with van der Waals surface area (Å²) >= 11 is 1.12. The summed E-state index contributed by atoms with van der Waals surface area (Å²) < 4.78 is 75.9. The van der Waals surface area contributed by atoms with E-state index in [0.29, 0.717) is 30.7 Å². The Morgan fingerprint density at radius 3 is 2.28 bits per heavy atom. The highest BCUT2D eigenvalue weighted by atomic mass is 32.2. The summed E-state index contributed by atoms with van der Waals surface area (Å²) in [5.41, 5.74) is -6.75. The highest BCUT2D eigenvalue weighted by Gasteiger charge is 2.48. The quantitative estimate of drug-likeness (QED) is 0.387. The molecule has 0 aliphatic heterocycles. The Morgan fingerprint density at radius 2 is 1.72 bits per heavy atom. The van der Waals surface area contributed by atoms with E-state index in [1.807, 2.05) is 0 Å². The number of ether oxygens (including phenoxy) is 2. The molecule has 1 heterocycles. The Kier molecular flexibility index (Phi) is 9.20. The molecule has 14 heteroatoms. The summed E-state index contributed by atoms with van der Waals surface area (Å²) in [5.74, 6) is 0.0127. The number of nitrogens with zero attached hydrogens (tertiary/aromatic N) is 1. The van der Waals surface area contributed by atoms with E-state index in [1.165, 1.54) is 18.3 Å². The van der Waals surface area contributed by atoms with Crippen molar-refractivity contribution < 1.29 is 40.7 Å². The van der Waals surface area contributed by atoms with Gasteiger partial charge in [-0.05, 0) is 72.4 Å². The first-order valence-corrected chi connectivity index (χ1v) is 14.6. The van der Waals surface area contributed by atoms with Gasteiger partial charge in [0.15, 0.2) is 0 Å².